The van der Waals surface area contributed by atoms with E-state index in [0.717, 1.165) is 46.9 Å². The molecule has 1 aromatic carbocycles. The number of benzene rings is 1. The molecule has 4 rings (SSSR count). The van der Waals surface area contributed by atoms with Crippen LogP contribution in [0.25, 0.3) is 11.0 Å². The number of amides is 1. The summed E-state index contributed by atoms with van der Waals surface area (Å²) < 4.78 is 2.01. The molecule has 0 aliphatic carbocycles. The first kappa shape index (κ1) is 17.5. The van der Waals surface area contributed by atoms with Crippen LogP contribution in [-0.2, 0) is 13.6 Å². The van der Waals surface area contributed by atoms with Crippen molar-refractivity contribution in [3.63, 3.8) is 0 Å². The SMILES string of the molecule is Cc1n[nH]c(C)c1CNC(=O)c1ccc2c(c1)nc(N1CC[C@H](O)C1)n2C. The molecule has 2 aromatic heterocycles. The number of carbonyl (C=O) groups is 1. The highest BCUT2D eigenvalue weighted by Gasteiger charge is 2.24. The molecule has 1 aliphatic rings. The minimum Gasteiger partial charge on any atom is -0.391 e. The first-order chi connectivity index (χ1) is 12.9. The van der Waals surface area contributed by atoms with Gasteiger partial charge in [-0.1, -0.05) is 0 Å². The molecule has 0 spiro atoms. The fourth-order valence-electron chi connectivity index (χ4n) is 3.64. The van der Waals surface area contributed by atoms with E-state index < -0.39 is 0 Å². The van der Waals surface area contributed by atoms with Gasteiger partial charge in [-0.05, 0) is 38.5 Å². The van der Waals surface area contributed by atoms with E-state index in [1.807, 2.05) is 43.7 Å². The summed E-state index contributed by atoms with van der Waals surface area (Å²) in [4.78, 5) is 19.3. The average molecular weight is 368 g/mol. The van der Waals surface area contributed by atoms with Crippen LogP contribution in [0.3, 0.4) is 0 Å². The second-order valence-corrected chi connectivity index (χ2v) is 7.16. The summed E-state index contributed by atoms with van der Waals surface area (Å²) >= 11 is 0. The summed E-state index contributed by atoms with van der Waals surface area (Å²) in [5.74, 6) is 0.685. The van der Waals surface area contributed by atoms with Gasteiger partial charge >= 0.3 is 0 Å². The number of aromatic nitrogens is 4. The maximum absolute atomic E-state index is 12.6. The van der Waals surface area contributed by atoms with Crippen LogP contribution in [-0.4, -0.2) is 50.0 Å². The van der Waals surface area contributed by atoms with Crippen molar-refractivity contribution in [1.29, 1.82) is 0 Å². The first-order valence-corrected chi connectivity index (χ1v) is 9.12. The molecule has 142 valence electrons. The second kappa shape index (κ2) is 6.70. The van der Waals surface area contributed by atoms with E-state index in [4.69, 9.17) is 4.98 Å². The van der Waals surface area contributed by atoms with Crippen molar-refractivity contribution in [2.45, 2.75) is 32.9 Å². The second-order valence-electron chi connectivity index (χ2n) is 7.16. The van der Waals surface area contributed by atoms with E-state index in [9.17, 15) is 9.90 Å². The molecular formula is C19H24N6O2. The maximum Gasteiger partial charge on any atom is 0.251 e. The van der Waals surface area contributed by atoms with Gasteiger partial charge in [-0.3, -0.25) is 9.89 Å². The van der Waals surface area contributed by atoms with Gasteiger partial charge in [-0.25, -0.2) is 4.98 Å². The summed E-state index contributed by atoms with van der Waals surface area (Å²) in [5, 5.41) is 19.8. The largest absolute Gasteiger partial charge is 0.391 e. The van der Waals surface area contributed by atoms with Gasteiger partial charge in [-0.15, -0.1) is 0 Å². The van der Waals surface area contributed by atoms with E-state index >= 15 is 0 Å². The molecule has 1 amide bonds. The Morgan fingerprint density at radius 1 is 1.41 bits per heavy atom. The summed E-state index contributed by atoms with van der Waals surface area (Å²) in [6.07, 6.45) is 0.449. The zero-order chi connectivity index (χ0) is 19.1. The van der Waals surface area contributed by atoms with Crippen molar-refractivity contribution in [3.8, 4) is 0 Å². The molecule has 3 aromatic rings. The van der Waals surface area contributed by atoms with Gasteiger partial charge in [-0.2, -0.15) is 5.10 Å². The number of β-amino-alcohol motifs (C(OH)–C–C–N with tert-alkyl or cyclic N) is 1. The molecule has 0 saturated carbocycles. The molecule has 27 heavy (non-hydrogen) atoms. The Bertz CT molecular complexity index is 986. The zero-order valence-corrected chi connectivity index (χ0v) is 15.8. The van der Waals surface area contributed by atoms with Crippen molar-refractivity contribution in [3.05, 3.63) is 40.7 Å². The molecular weight excluding hydrogens is 344 g/mol. The van der Waals surface area contributed by atoms with Crippen molar-refractivity contribution in [2.75, 3.05) is 18.0 Å². The molecule has 3 N–H and O–H groups in total. The summed E-state index contributed by atoms with van der Waals surface area (Å²) in [6.45, 7) is 5.67. The van der Waals surface area contributed by atoms with Crippen molar-refractivity contribution < 1.29 is 9.90 Å². The fourth-order valence-corrected chi connectivity index (χ4v) is 3.64. The minimum atomic E-state index is -0.305. The molecule has 1 atom stereocenters. The average Bonchev–Trinajstić information content (AvgIpc) is 3.31. The van der Waals surface area contributed by atoms with Crippen molar-refractivity contribution in [1.82, 2.24) is 25.1 Å². The summed E-state index contributed by atoms with van der Waals surface area (Å²) in [6, 6.07) is 5.55. The number of aromatic amines is 1. The smallest absolute Gasteiger partial charge is 0.251 e. The fraction of sp³-hybridized carbons (Fsp3) is 0.421. The van der Waals surface area contributed by atoms with Crippen LogP contribution in [0.5, 0.6) is 0 Å². The summed E-state index contributed by atoms with van der Waals surface area (Å²) in [5.41, 5.74) is 5.18. The van der Waals surface area contributed by atoms with E-state index in [1.165, 1.54) is 0 Å². The van der Waals surface area contributed by atoms with Gasteiger partial charge in [0.2, 0.25) is 5.95 Å². The minimum absolute atomic E-state index is 0.138. The predicted molar refractivity (Wildman–Crippen MR) is 103 cm³/mol. The molecule has 1 aliphatic heterocycles. The lowest BCUT2D eigenvalue weighted by Gasteiger charge is -2.16. The monoisotopic (exact) mass is 368 g/mol. The molecule has 0 unspecified atom stereocenters. The number of aliphatic hydroxyl groups excluding tert-OH is 1. The van der Waals surface area contributed by atoms with Gasteiger partial charge < -0.3 is 19.9 Å². The number of carbonyl (C=O) groups excluding carboxylic acids is 1. The number of anilines is 1. The molecule has 1 fully saturated rings. The number of fused-ring (bicyclic) bond motifs is 1. The van der Waals surface area contributed by atoms with Gasteiger partial charge in [0.25, 0.3) is 5.91 Å². The van der Waals surface area contributed by atoms with Crippen LogP contribution in [0.2, 0.25) is 0 Å². The highest BCUT2D eigenvalue weighted by molar-refractivity contribution is 5.97. The number of hydrogen-bond donors (Lipinski definition) is 3. The number of aliphatic hydroxyl groups is 1. The van der Waals surface area contributed by atoms with Gasteiger partial charge in [0, 0.05) is 43.5 Å². The number of nitrogens with zero attached hydrogens (tertiary/aromatic N) is 4. The Balaban J connectivity index is 1.55. The number of aryl methyl sites for hydroxylation is 3. The third kappa shape index (κ3) is 3.16. The lowest BCUT2D eigenvalue weighted by Crippen LogP contribution is -2.24. The number of nitrogens with one attached hydrogen (secondary N) is 2. The van der Waals surface area contributed by atoms with Crippen LogP contribution in [0.1, 0.15) is 33.7 Å². The molecule has 8 nitrogen and oxygen atoms in total. The molecule has 0 radical (unpaired) electrons. The topological polar surface area (TPSA) is 99.1 Å². The summed E-state index contributed by atoms with van der Waals surface area (Å²) in [7, 11) is 1.96. The lowest BCUT2D eigenvalue weighted by molar-refractivity contribution is 0.0951. The van der Waals surface area contributed by atoms with Crippen LogP contribution in [0, 0.1) is 13.8 Å². The van der Waals surface area contributed by atoms with Crippen LogP contribution < -0.4 is 10.2 Å². The number of H-pyrrole nitrogens is 1. The van der Waals surface area contributed by atoms with E-state index in [0.29, 0.717) is 18.7 Å². The zero-order valence-electron chi connectivity index (χ0n) is 15.8. The Morgan fingerprint density at radius 3 is 2.89 bits per heavy atom. The van der Waals surface area contributed by atoms with Crippen LogP contribution in [0.4, 0.5) is 5.95 Å². The third-order valence-electron chi connectivity index (χ3n) is 5.27. The van der Waals surface area contributed by atoms with Crippen LogP contribution >= 0.6 is 0 Å². The predicted octanol–water partition coefficient (Wildman–Crippen LogP) is 1.41. The Labute approximate surface area is 157 Å². The van der Waals surface area contributed by atoms with Gasteiger partial charge in [0.1, 0.15) is 0 Å². The Hall–Kier alpha value is -2.87. The normalized spacial score (nSPS) is 17.0. The number of hydrogen-bond acceptors (Lipinski definition) is 5. The van der Waals surface area contributed by atoms with E-state index in [-0.39, 0.29) is 12.0 Å². The van der Waals surface area contributed by atoms with Crippen LogP contribution in [0.15, 0.2) is 18.2 Å². The quantitative estimate of drug-likeness (QED) is 0.647. The van der Waals surface area contributed by atoms with Gasteiger partial charge in [0.15, 0.2) is 0 Å². The molecule has 0 bridgehead atoms. The number of rotatable bonds is 4. The van der Waals surface area contributed by atoms with Crippen molar-refractivity contribution >= 4 is 22.9 Å². The first-order valence-electron chi connectivity index (χ1n) is 9.12. The highest BCUT2D eigenvalue weighted by atomic mass is 16.3. The standard InChI is InChI=1S/C19H24N6O2/c1-11-15(12(2)23-22-11)9-20-18(27)13-4-5-17-16(8-13)21-19(24(17)3)25-7-6-14(26)10-25/h4-5,8,14,26H,6-7,9-10H2,1-3H3,(H,20,27)(H,22,23)/t14-/m0/s1. The Kier molecular flexibility index (Phi) is 4.35. The van der Waals surface area contributed by atoms with E-state index in [2.05, 4.69) is 20.4 Å². The highest BCUT2D eigenvalue weighted by Crippen LogP contribution is 2.25. The molecule has 8 heteroatoms. The molecule has 1 saturated heterocycles. The maximum atomic E-state index is 12.6. The van der Waals surface area contributed by atoms with E-state index in [1.54, 1.807) is 0 Å². The molecule has 3 heterocycles. The lowest BCUT2D eigenvalue weighted by atomic mass is 10.1. The van der Waals surface area contributed by atoms with Gasteiger partial charge in [0.05, 0.1) is 22.8 Å². The Morgan fingerprint density at radius 2 is 2.22 bits per heavy atom. The number of imidazole rings is 1. The third-order valence-corrected chi connectivity index (χ3v) is 5.27. The van der Waals surface area contributed by atoms with Crippen molar-refractivity contribution in [2.24, 2.45) is 7.05 Å².